The van der Waals surface area contributed by atoms with Gasteiger partial charge in [0.2, 0.25) is 0 Å². The molecule has 1 aliphatic heterocycles. The maximum absolute atomic E-state index is 12.8. The van der Waals surface area contributed by atoms with E-state index in [1.54, 1.807) is 31.4 Å². The van der Waals surface area contributed by atoms with Crippen molar-refractivity contribution in [3.63, 3.8) is 0 Å². The lowest BCUT2D eigenvalue weighted by molar-refractivity contribution is -0.141. The zero-order valence-electron chi connectivity index (χ0n) is 14.7. The summed E-state index contributed by atoms with van der Waals surface area (Å²) in [4.78, 5) is 26.0. The number of carbonyl (C=O) groups excluding carboxylic acids is 1. The number of aromatic hydroxyl groups is 1. The second kappa shape index (κ2) is 7.07. The number of carboxylic acids is 1. The summed E-state index contributed by atoms with van der Waals surface area (Å²) in [5.41, 5.74) is 1.85. The van der Waals surface area contributed by atoms with Gasteiger partial charge in [-0.1, -0.05) is 18.2 Å². The molecule has 1 amide bonds. The molecular weight excluding hydrogens is 334 g/mol. The van der Waals surface area contributed by atoms with Crippen LogP contribution in [0.2, 0.25) is 0 Å². The van der Waals surface area contributed by atoms with Crippen LogP contribution in [-0.4, -0.2) is 47.2 Å². The van der Waals surface area contributed by atoms with Crippen LogP contribution < -0.4 is 4.74 Å². The molecule has 6 heteroatoms. The molecule has 1 fully saturated rings. The van der Waals surface area contributed by atoms with Gasteiger partial charge in [-0.15, -0.1) is 0 Å². The molecule has 0 bridgehead atoms. The Balaban J connectivity index is 1.89. The summed E-state index contributed by atoms with van der Waals surface area (Å²) >= 11 is 0. The summed E-state index contributed by atoms with van der Waals surface area (Å²) in [6.45, 7) is 2.20. The third kappa shape index (κ3) is 3.35. The van der Waals surface area contributed by atoms with Crippen LogP contribution in [0.15, 0.2) is 42.5 Å². The van der Waals surface area contributed by atoms with Gasteiger partial charge in [0.05, 0.1) is 18.6 Å². The normalized spacial score (nSPS) is 19.4. The molecule has 1 saturated heterocycles. The molecule has 0 aliphatic carbocycles. The van der Waals surface area contributed by atoms with Gasteiger partial charge in [0, 0.05) is 19.0 Å². The monoisotopic (exact) mass is 355 g/mol. The van der Waals surface area contributed by atoms with Crippen LogP contribution in [0.3, 0.4) is 0 Å². The number of nitrogens with zero attached hydrogens (tertiary/aromatic N) is 1. The molecular formula is C20H21NO5. The summed E-state index contributed by atoms with van der Waals surface area (Å²) in [6.07, 6.45) is 0. The summed E-state index contributed by atoms with van der Waals surface area (Å²) < 4.78 is 5.22. The van der Waals surface area contributed by atoms with Crippen molar-refractivity contribution in [1.82, 2.24) is 4.90 Å². The largest absolute Gasteiger partial charge is 0.507 e. The Kier molecular flexibility index (Phi) is 4.84. The van der Waals surface area contributed by atoms with Crippen LogP contribution in [0.4, 0.5) is 0 Å². The minimum Gasteiger partial charge on any atom is -0.507 e. The van der Waals surface area contributed by atoms with E-state index in [1.165, 1.54) is 11.0 Å². The smallest absolute Gasteiger partial charge is 0.308 e. The number of phenolic OH excluding ortho intramolecular Hbond substituents is 1. The van der Waals surface area contributed by atoms with Crippen molar-refractivity contribution < 1.29 is 24.5 Å². The number of phenols is 1. The van der Waals surface area contributed by atoms with Gasteiger partial charge in [0.1, 0.15) is 11.5 Å². The van der Waals surface area contributed by atoms with Crippen LogP contribution in [0.5, 0.6) is 11.5 Å². The number of carbonyl (C=O) groups is 2. The van der Waals surface area contributed by atoms with E-state index in [0.29, 0.717) is 5.75 Å². The van der Waals surface area contributed by atoms with E-state index in [1.807, 2.05) is 19.1 Å². The van der Waals surface area contributed by atoms with E-state index >= 15 is 0 Å². The van der Waals surface area contributed by atoms with E-state index in [9.17, 15) is 19.8 Å². The number of methoxy groups -OCH3 is 1. The molecule has 0 saturated carbocycles. The van der Waals surface area contributed by atoms with E-state index < -0.39 is 11.9 Å². The molecule has 6 nitrogen and oxygen atoms in total. The molecule has 0 unspecified atom stereocenters. The Morgan fingerprint density at radius 1 is 1.15 bits per heavy atom. The molecule has 1 aliphatic rings. The van der Waals surface area contributed by atoms with Crippen molar-refractivity contribution in [2.45, 2.75) is 12.8 Å². The van der Waals surface area contributed by atoms with Gasteiger partial charge in [-0.3, -0.25) is 9.59 Å². The molecule has 0 spiro atoms. The first-order chi connectivity index (χ1) is 12.4. The number of benzene rings is 2. The van der Waals surface area contributed by atoms with E-state index in [-0.39, 0.29) is 36.2 Å². The summed E-state index contributed by atoms with van der Waals surface area (Å²) in [5.74, 6) is -1.79. The van der Waals surface area contributed by atoms with Crippen LogP contribution in [0.25, 0.3) is 0 Å². The maximum Gasteiger partial charge on any atom is 0.308 e. The van der Waals surface area contributed by atoms with Crippen molar-refractivity contribution in [3.05, 3.63) is 59.2 Å². The van der Waals surface area contributed by atoms with Gasteiger partial charge in [0.15, 0.2) is 0 Å². The average Bonchev–Trinajstić information content (AvgIpc) is 3.07. The standard InChI is InChI=1S/C20H21NO5/c1-12-6-7-15(18(22)8-12)19(23)21-10-16(17(11-21)20(24)25)13-4-3-5-14(9-13)26-2/h3-9,16-17,22H,10-11H2,1-2H3,(H,24,25)/t16-,17+/m0/s1. The van der Waals surface area contributed by atoms with Gasteiger partial charge in [-0.25, -0.2) is 0 Å². The second-order valence-electron chi connectivity index (χ2n) is 6.56. The summed E-state index contributed by atoms with van der Waals surface area (Å²) in [6, 6.07) is 12.1. The van der Waals surface area contributed by atoms with E-state index in [4.69, 9.17) is 4.74 Å². The predicted molar refractivity (Wildman–Crippen MR) is 95.6 cm³/mol. The fourth-order valence-corrected chi connectivity index (χ4v) is 3.42. The van der Waals surface area contributed by atoms with E-state index in [2.05, 4.69) is 0 Å². The predicted octanol–water partition coefficient (Wildman–Crippen LogP) is 2.65. The summed E-state index contributed by atoms with van der Waals surface area (Å²) in [5, 5.41) is 19.7. The van der Waals surface area contributed by atoms with E-state index in [0.717, 1.165) is 11.1 Å². The number of likely N-dealkylation sites (tertiary alicyclic amines) is 1. The number of hydrogen-bond acceptors (Lipinski definition) is 4. The Hall–Kier alpha value is -3.02. The Labute approximate surface area is 151 Å². The third-order valence-electron chi connectivity index (χ3n) is 4.83. The quantitative estimate of drug-likeness (QED) is 0.880. The Morgan fingerprint density at radius 2 is 1.92 bits per heavy atom. The Morgan fingerprint density at radius 3 is 2.58 bits per heavy atom. The number of hydrogen-bond donors (Lipinski definition) is 2. The van der Waals surface area contributed by atoms with Gasteiger partial charge in [0.25, 0.3) is 5.91 Å². The SMILES string of the molecule is COc1cccc([C@@H]2CN(C(=O)c3ccc(C)cc3O)C[C@H]2C(=O)O)c1. The van der Waals surface area contributed by atoms with Crippen LogP contribution in [-0.2, 0) is 4.79 Å². The number of aryl methyl sites for hydroxylation is 1. The number of amides is 1. The molecule has 2 atom stereocenters. The van der Waals surface area contributed by atoms with Crippen LogP contribution in [0.1, 0.15) is 27.4 Å². The average molecular weight is 355 g/mol. The van der Waals surface area contributed by atoms with Gasteiger partial charge in [-0.05, 0) is 42.3 Å². The highest BCUT2D eigenvalue weighted by Crippen LogP contribution is 2.35. The molecule has 136 valence electrons. The number of aliphatic carboxylic acids is 1. The molecule has 2 aromatic rings. The lowest BCUT2D eigenvalue weighted by atomic mass is 9.89. The van der Waals surface area contributed by atoms with Crippen LogP contribution in [0, 0.1) is 12.8 Å². The number of rotatable bonds is 4. The lowest BCUT2D eigenvalue weighted by Crippen LogP contribution is -2.30. The topological polar surface area (TPSA) is 87.1 Å². The zero-order valence-corrected chi connectivity index (χ0v) is 14.7. The molecule has 2 N–H and O–H groups in total. The summed E-state index contributed by atoms with van der Waals surface area (Å²) in [7, 11) is 1.55. The minimum absolute atomic E-state index is 0.0910. The lowest BCUT2D eigenvalue weighted by Gasteiger charge is -2.17. The van der Waals surface area contributed by atoms with Crippen molar-refractivity contribution in [3.8, 4) is 11.5 Å². The maximum atomic E-state index is 12.8. The van der Waals surface area contributed by atoms with Crippen LogP contribution >= 0.6 is 0 Å². The van der Waals surface area contributed by atoms with Crippen molar-refractivity contribution >= 4 is 11.9 Å². The molecule has 26 heavy (non-hydrogen) atoms. The first-order valence-corrected chi connectivity index (χ1v) is 8.36. The number of ether oxygens (including phenoxy) is 1. The fourth-order valence-electron chi connectivity index (χ4n) is 3.42. The molecule has 0 radical (unpaired) electrons. The molecule has 1 heterocycles. The van der Waals surface area contributed by atoms with Crippen molar-refractivity contribution in [1.29, 1.82) is 0 Å². The van der Waals surface area contributed by atoms with Gasteiger partial charge < -0.3 is 19.8 Å². The first kappa shape index (κ1) is 17.8. The third-order valence-corrected chi connectivity index (χ3v) is 4.83. The number of carboxylic acid groups (broad SMARTS) is 1. The Bertz CT molecular complexity index is 848. The zero-order chi connectivity index (χ0) is 18.8. The molecule has 2 aromatic carbocycles. The highest BCUT2D eigenvalue weighted by molar-refractivity contribution is 5.97. The molecule has 0 aromatic heterocycles. The minimum atomic E-state index is -0.943. The van der Waals surface area contributed by atoms with Gasteiger partial charge in [-0.2, -0.15) is 0 Å². The highest BCUT2D eigenvalue weighted by Gasteiger charge is 2.41. The van der Waals surface area contributed by atoms with Crippen molar-refractivity contribution in [2.24, 2.45) is 5.92 Å². The second-order valence-corrected chi connectivity index (χ2v) is 6.56. The highest BCUT2D eigenvalue weighted by atomic mass is 16.5. The molecule has 3 rings (SSSR count). The van der Waals surface area contributed by atoms with Crippen molar-refractivity contribution in [2.75, 3.05) is 20.2 Å². The van der Waals surface area contributed by atoms with Gasteiger partial charge >= 0.3 is 5.97 Å². The first-order valence-electron chi connectivity index (χ1n) is 8.36. The fraction of sp³-hybridized carbons (Fsp3) is 0.300.